The van der Waals surface area contributed by atoms with Crippen molar-refractivity contribution in [3.05, 3.63) is 33.8 Å². The van der Waals surface area contributed by atoms with E-state index in [0.717, 1.165) is 19.4 Å². The van der Waals surface area contributed by atoms with Gasteiger partial charge >= 0.3 is 0 Å². The van der Waals surface area contributed by atoms with Crippen molar-refractivity contribution in [3.63, 3.8) is 0 Å². The lowest BCUT2D eigenvalue weighted by atomic mass is 10.2. The highest BCUT2D eigenvalue weighted by molar-refractivity contribution is 6.38. The molecule has 0 fully saturated rings. The molecule has 1 aromatic carbocycles. The highest BCUT2D eigenvalue weighted by Crippen LogP contribution is 2.22. The van der Waals surface area contributed by atoms with Crippen LogP contribution in [0, 0.1) is 0 Å². The van der Waals surface area contributed by atoms with Crippen molar-refractivity contribution in [3.8, 4) is 0 Å². The Hall–Kier alpha value is -1.06. The molecule has 98 valence electrons. The van der Waals surface area contributed by atoms with Crippen molar-refractivity contribution in [2.75, 3.05) is 13.1 Å². The van der Waals surface area contributed by atoms with E-state index < -0.39 is 0 Å². The maximum absolute atomic E-state index is 6.01. The number of hydrogen-bond donors (Lipinski definition) is 1. The summed E-state index contributed by atoms with van der Waals surface area (Å²) in [5, 5.41) is 1.15. The van der Waals surface area contributed by atoms with Gasteiger partial charge < -0.3 is 5.73 Å². The molecule has 0 saturated heterocycles. The second-order valence-corrected chi connectivity index (χ2v) is 4.65. The maximum Gasteiger partial charge on any atom is 0.115 e. The van der Waals surface area contributed by atoms with Crippen LogP contribution in [0.25, 0.3) is 0 Å². The van der Waals surface area contributed by atoms with E-state index >= 15 is 0 Å². The SMILES string of the molecule is CCCCN=C(N)CN=Cc1c(Cl)cccc1Cl. The first kappa shape index (κ1) is 15.0. The summed E-state index contributed by atoms with van der Waals surface area (Å²) >= 11 is 12.0. The van der Waals surface area contributed by atoms with Crippen LogP contribution in [-0.2, 0) is 0 Å². The molecule has 18 heavy (non-hydrogen) atoms. The predicted molar refractivity (Wildman–Crippen MR) is 80.3 cm³/mol. The van der Waals surface area contributed by atoms with Gasteiger partial charge in [0.1, 0.15) is 5.84 Å². The first-order chi connectivity index (χ1) is 8.65. The van der Waals surface area contributed by atoms with Crippen LogP contribution < -0.4 is 5.73 Å². The van der Waals surface area contributed by atoms with Gasteiger partial charge in [0, 0.05) is 18.3 Å². The Balaban J connectivity index is 2.57. The monoisotopic (exact) mass is 285 g/mol. The molecule has 0 aromatic heterocycles. The fourth-order valence-electron chi connectivity index (χ4n) is 1.30. The number of halogens is 2. The van der Waals surface area contributed by atoms with Gasteiger partial charge in [-0.15, -0.1) is 0 Å². The van der Waals surface area contributed by atoms with Gasteiger partial charge in [0.05, 0.1) is 16.6 Å². The number of unbranched alkanes of at least 4 members (excludes halogenated alkanes) is 1. The van der Waals surface area contributed by atoms with Crippen molar-refractivity contribution >= 4 is 35.3 Å². The van der Waals surface area contributed by atoms with Crippen LogP contribution in [0.3, 0.4) is 0 Å². The molecule has 0 atom stereocenters. The number of hydrogen-bond acceptors (Lipinski definition) is 2. The highest BCUT2D eigenvalue weighted by Gasteiger charge is 2.01. The zero-order valence-corrected chi connectivity index (χ0v) is 11.9. The van der Waals surface area contributed by atoms with Crippen molar-refractivity contribution in [1.29, 1.82) is 0 Å². The van der Waals surface area contributed by atoms with Crippen LogP contribution in [0.4, 0.5) is 0 Å². The molecule has 0 aliphatic heterocycles. The van der Waals surface area contributed by atoms with Crippen LogP contribution in [0.15, 0.2) is 28.2 Å². The molecule has 0 bridgehead atoms. The summed E-state index contributed by atoms with van der Waals surface area (Å²) in [7, 11) is 0. The van der Waals surface area contributed by atoms with Crippen LogP contribution in [-0.4, -0.2) is 25.1 Å². The molecular formula is C13H17Cl2N3. The van der Waals surface area contributed by atoms with Gasteiger partial charge in [-0.25, -0.2) is 0 Å². The Bertz CT molecular complexity index is 422. The fraction of sp³-hybridized carbons (Fsp3) is 0.385. The normalized spacial score (nSPS) is 12.3. The van der Waals surface area contributed by atoms with Gasteiger partial charge in [0.15, 0.2) is 0 Å². The van der Waals surface area contributed by atoms with E-state index in [1.54, 1.807) is 24.4 Å². The number of amidine groups is 1. The van der Waals surface area contributed by atoms with Crippen molar-refractivity contribution in [2.24, 2.45) is 15.7 Å². The number of aliphatic imine (C=N–C) groups is 2. The summed E-state index contributed by atoms with van der Waals surface area (Å²) < 4.78 is 0. The number of nitrogens with zero attached hydrogens (tertiary/aromatic N) is 2. The molecule has 0 spiro atoms. The Morgan fingerprint density at radius 2 is 2.00 bits per heavy atom. The third-order valence-corrected chi connectivity index (χ3v) is 2.96. The average Bonchev–Trinajstić information content (AvgIpc) is 2.33. The topological polar surface area (TPSA) is 50.7 Å². The molecule has 1 aromatic rings. The summed E-state index contributed by atoms with van der Waals surface area (Å²) in [6.45, 7) is 3.24. The van der Waals surface area contributed by atoms with E-state index in [-0.39, 0.29) is 0 Å². The Labute approximate surface area is 118 Å². The Morgan fingerprint density at radius 3 is 2.61 bits per heavy atom. The molecule has 0 heterocycles. The van der Waals surface area contributed by atoms with Crippen LogP contribution in [0.1, 0.15) is 25.3 Å². The van der Waals surface area contributed by atoms with E-state index in [4.69, 9.17) is 28.9 Å². The van der Waals surface area contributed by atoms with Crippen molar-refractivity contribution in [2.45, 2.75) is 19.8 Å². The molecule has 0 aliphatic rings. The van der Waals surface area contributed by atoms with E-state index in [1.807, 2.05) is 0 Å². The van der Waals surface area contributed by atoms with E-state index in [2.05, 4.69) is 16.9 Å². The van der Waals surface area contributed by atoms with E-state index in [1.165, 1.54) is 0 Å². The summed E-state index contributed by atoms with van der Waals surface area (Å²) in [6.07, 6.45) is 3.78. The van der Waals surface area contributed by atoms with Crippen LogP contribution in [0.5, 0.6) is 0 Å². The minimum absolute atomic E-state index is 0.366. The minimum Gasteiger partial charge on any atom is -0.386 e. The third kappa shape index (κ3) is 5.07. The molecule has 3 nitrogen and oxygen atoms in total. The smallest absolute Gasteiger partial charge is 0.115 e. The first-order valence-electron chi connectivity index (χ1n) is 5.87. The summed E-state index contributed by atoms with van der Waals surface area (Å²) in [6, 6.07) is 5.34. The first-order valence-corrected chi connectivity index (χ1v) is 6.63. The molecule has 1 rings (SSSR count). The summed E-state index contributed by atoms with van der Waals surface area (Å²) in [4.78, 5) is 8.40. The number of rotatable bonds is 6. The summed E-state index contributed by atoms with van der Waals surface area (Å²) in [5.74, 6) is 0.530. The molecule has 5 heteroatoms. The van der Waals surface area contributed by atoms with Crippen LogP contribution >= 0.6 is 23.2 Å². The van der Waals surface area contributed by atoms with Gasteiger partial charge in [-0.05, 0) is 18.6 Å². The standard InChI is InChI=1S/C13H17Cl2N3/c1-2-3-7-18-13(16)9-17-8-10-11(14)5-4-6-12(10)15/h4-6,8H,2-3,7,9H2,1H3,(H2,16,18). The lowest BCUT2D eigenvalue weighted by Gasteiger charge is -2.00. The lowest BCUT2D eigenvalue weighted by molar-refractivity contribution is 0.805. The van der Waals surface area contributed by atoms with E-state index in [0.29, 0.717) is 28.0 Å². The van der Waals surface area contributed by atoms with Gasteiger partial charge in [0.2, 0.25) is 0 Å². The zero-order chi connectivity index (χ0) is 13.4. The summed E-state index contributed by atoms with van der Waals surface area (Å²) in [5.41, 5.74) is 6.44. The molecule has 0 aliphatic carbocycles. The highest BCUT2D eigenvalue weighted by atomic mass is 35.5. The number of nitrogens with two attached hydrogens (primary N) is 1. The molecular weight excluding hydrogens is 269 g/mol. The number of benzene rings is 1. The van der Waals surface area contributed by atoms with Gasteiger partial charge in [-0.2, -0.15) is 0 Å². The average molecular weight is 286 g/mol. The Kier molecular flexibility index (Phi) is 6.76. The molecule has 0 radical (unpaired) electrons. The van der Waals surface area contributed by atoms with Gasteiger partial charge in [0.25, 0.3) is 0 Å². The van der Waals surface area contributed by atoms with Crippen molar-refractivity contribution < 1.29 is 0 Å². The largest absolute Gasteiger partial charge is 0.386 e. The zero-order valence-electron chi connectivity index (χ0n) is 10.4. The second kappa shape index (κ2) is 8.11. The Morgan fingerprint density at radius 1 is 1.33 bits per heavy atom. The molecule has 0 unspecified atom stereocenters. The molecule has 0 saturated carbocycles. The predicted octanol–water partition coefficient (Wildman–Crippen LogP) is 3.57. The molecule has 0 amide bonds. The lowest BCUT2D eigenvalue weighted by Crippen LogP contribution is -2.16. The van der Waals surface area contributed by atoms with Crippen LogP contribution in [0.2, 0.25) is 10.0 Å². The minimum atomic E-state index is 0.366. The maximum atomic E-state index is 6.01. The fourth-order valence-corrected chi connectivity index (χ4v) is 1.79. The second-order valence-electron chi connectivity index (χ2n) is 3.83. The van der Waals surface area contributed by atoms with Gasteiger partial charge in [-0.3, -0.25) is 9.98 Å². The van der Waals surface area contributed by atoms with Gasteiger partial charge in [-0.1, -0.05) is 42.6 Å². The quantitative estimate of drug-likeness (QED) is 0.485. The third-order valence-electron chi connectivity index (χ3n) is 2.30. The van der Waals surface area contributed by atoms with E-state index in [9.17, 15) is 0 Å². The van der Waals surface area contributed by atoms with Crippen molar-refractivity contribution in [1.82, 2.24) is 0 Å². The molecule has 2 N–H and O–H groups in total.